The summed E-state index contributed by atoms with van der Waals surface area (Å²) in [6.45, 7) is 5.89. The average molecular weight is 339 g/mol. The van der Waals surface area contributed by atoms with Crippen LogP contribution in [-0.2, 0) is 11.8 Å². The van der Waals surface area contributed by atoms with Gasteiger partial charge in [-0.1, -0.05) is 0 Å². The molecule has 3 aromatic heterocycles. The zero-order valence-electron chi connectivity index (χ0n) is 14.5. The minimum Gasteiger partial charge on any atom is -0.372 e. The number of fused-ring (bicyclic) bond motifs is 1. The molecule has 1 aliphatic heterocycles. The van der Waals surface area contributed by atoms with Crippen LogP contribution in [0.3, 0.4) is 0 Å². The zero-order valence-corrected chi connectivity index (χ0v) is 14.5. The van der Waals surface area contributed by atoms with Gasteiger partial charge in [0.05, 0.1) is 35.7 Å². The number of anilines is 3. The number of aryl methyl sites for hydroxylation is 1. The largest absolute Gasteiger partial charge is 0.372 e. The summed E-state index contributed by atoms with van der Waals surface area (Å²) in [6.07, 6.45) is 5.54. The number of hydrogen-bond acceptors (Lipinski definition) is 7. The van der Waals surface area contributed by atoms with E-state index in [0.717, 1.165) is 41.4 Å². The summed E-state index contributed by atoms with van der Waals surface area (Å²) in [7, 11) is 1.86. The van der Waals surface area contributed by atoms with Crippen molar-refractivity contribution in [2.45, 2.75) is 26.1 Å². The van der Waals surface area contributed by atoms with Gasteiger partial charge in [-0.3, -0.25) is 4.68 Å². The smallest absolute Gasteiger partial charge is 0.163 e. The molecule has 25 heavy (non-hydrogen) atoms. The summed E-state index contributed by atoms with van der Waals surface area (Å²) in [6, 6.07) is 4.03. The highest BCUT2D eigenvalue weighted by molar-refractivity contribution is 5.88. The predicted octanol–water partition coefficient (Wildman–Crippen LogP) is 2.12. The standard InChI is InChI=1S/C17H21N7O/c1-11-8-24(9-12(2)25-11)15-5-4-13(6-18-15)22-16-14-7-21-23(3)17(14)20-10-19-16/h4-7,10-12H,8-9H2,1-3H3,(H,19,20,22)/t11-,12-/m1/s1. The summed E-state index contributed by atoms with van der Waals surface area (Å²) in [5, 5.41) is 8.40. The molecule has 0 spiro atoms. The normalized spacial score (nSPS) is 20.8. The van der Waals surface area contributed by atoms with Gasteiger partial charge < -0.3 is 15.0 Å². The molecule has 8 heteroatoms. The Morgan fingerprint density at radius 1 is 1.08 bits per heavy atom. The van der Waals surface area contributed by atoms with Crippen LogP contribution in [0.1, 0.15) is 13.8 Å². The molecule has 1 aliphatic rings. The van der Waals surface area contributed by atoms with Gasteiger partial charge in [0.2, 0.25) is 0 Å². The number of aromatic nitrogens is 5. The summed E-state index contributed by atoms with van der Waals surface area (Å²) in [5.74, 6) is 1.68. The van der Waals surface area contributed by atoms with E-state index < -0.39 is 0 Å². The minimum absolute atomic E-state index is 0.211. The number of ether oxygens (including phenoxy) is 1. The summed E-state index contributed by atoms with van der Waals surface area (Å²) in [5.41, 5.74) is 1.67. The van der Waals surface area contributed by atoms with Gasteiger partial charge >= 0.3 is 0 Å². The van der Waals surface area contributed by atoms with Crippen molar-refractivity contribution in [2.24, 2.45) is 7.05 Å². The van der Waals surface area contributed by atoms with E-state index in [4.69, 9.17) is 4.74 Å². The van der Waals surface area contributed by atoms with Crippen LogP contribution < -0.4 is 10.2 Å². The van der Waals surface area contributed by atoms with Crippen molar-refractivity contribution in [3.05, 3.63) is 30.9 Å². The van der Waals surface area contributed by atoms with Gasteiger partial charge in [-0.05, 0) is 26.0 Å². The lowest BCUT2D eigenvalue weighted by molar-refractivity contribution is -0.00545. The molecule has 1 saturated heterocycles. The highest BCUT2D eigenvalue weighted by atomic mass is 16.5. The van der Waals surface area contributed by atoms with Crippen molar-refractivity contribution in [2.75, 3.05) is 23.3 Å². The van der Waals surface area contributed by atoms with Crippen LogP contribution in [0.4, 0.5) is 17.3 Å². The number of hydrogen-bond donors (Lipinski definition) is 1. The highest BCUT2D eigenvalue weighted by Crippen LogP contribution is 2.24. The Balaban J connectivity index is 1.54. The molecular weight excluding hydrogens is 318 g/mol. The summed E-state index contributed by atoms with van der Waals surface area (Å²) in [4.78, 5) is 15.4. The van der Waals surface area contributed by atoms with Crippen LogP contribution in [0.5, 0.6) is 0 Å². The molecule has 1 N–H and O–H groups in total. The number of rotatable bonds is 3. The van der Waals surface area contributed by atoms with E-state index in [-0.39, 0.29) is 12.2 Å². The van der Waals surface area contributed by atoms with Gasteiger partial charge in [0.1, 0.15) is 18.0 Å². The van der Waals surface area contributed by atoms with Crippen LogP contribution in [-0.4, -0.2) is 50.0 Å². The SMILES string of the molecule is C[C@@H]1CN(c2ccc(Nc3ncnc4c3cnn4C)cn2)C[C@@H](C)O1. The molecule has 4 heterocycles. The van der Waals surface area contributed by atoms with Crippen LogP contribution in [0.15, 0.2) is 30.9 Å². The number of pyridine rings is 1. The van der Waals surface area contributed by atoms with Crippen LogP contribution in [0, 0.1) is 0 Å². The fourth-order valence-corrected chi connectivity index (χ4v) is 3.21. The van der Waals surface area contributed by atoms with E-state index in [2.05, 4.69) is 44.1 Å². The van der Waals surface area contributed by atoms with Crippen molar-refractivity contribution in [1.82, 2.24) is 24.7 Å². The zero-order chi connectivity index (χ0) is 17.4. The third-order valence-electron chi connectivity index (χ3n) is 4.28. The Kier molecular flexibility index (Phi) is 3.96. The fourth-order valence-electron chi connectivity index (χ4n) is 3.21. The first-order chi connectivity index (χ1) is 12.1. The molecule has 3 aromatic rings. The first kappa shape index (κ1) is 15.8. The predicted molar refractivity (Wildman–Crippen MR) is 96.0 cm³/mol. The number of nitrogens with zero attached hydrogens (tertiary/aromatic N) is 6. The van der Waals surface area contributed by atoms with Crippen LogP contribution in [0.25, 0.3) is 11.0 Å². The molecule has 0 radical (unpaired) electrons. The highest BCUT2D eigenvalue weighted by Gasteiger charge is 2.23. The van der Waals surface area contributed by atoms with Gasteiger partial charge in [-0.25, -0.2) is 15.0 Å². The lowest BCUT2D eigenvalue weighted by Crippen LogP contribution is -2.45. The maximum atomic E-state index is 5.78. The van der Waals surface area contributed by atoms with Crippen molar-refractivity contribution < 1.29 is 4.74 Å². The van der Waals surface area contributed by atoms with Gasteiger partial charge in [0.25, 0.3) is 0 Å². The van der Waals surface area contributed by atoms with Crippen LogP contribution >= 0.6 is 0 Å². The molecule has 8 nitrogen and oxygen atoms in total. The fraction of sp³-hybridized carbons (Fsp3) is 0.412. The molecule has 1 fully saturated rings. The first-order valence-corrected chi connectivity index (χ1v) is 8.36. The van der Waals surface area contributed by atoms with Crippen molar-refractivity contribution in [1.29, 1.82) is 0 Å². The second-order valence-corrected chi connectivity index (χ2v) is 6.42. The van der Waals surface area contributed by atoms with E-state index in [9.17, 15) is 0 Å². The second-order valence-electron chi connectivity index (χ2n) is 6.42. The lowest BCUT2D eigenvalue weighted by atomic mass is 10.2. The number of morpholine rings is 1. The lowest BCUT2D eigenvalue weighted by Gasteiger charge is -2.36. The quantitative estimate of drug-likeness (QED) is 0.783. The molecule has 2 atom stereocenters. The van der Waals surface area contributed by atoms with Crippen molar-refractivity contribution in [3.63, 3.8) is 0 Å². The van der Waals surface area contributed by atoms with E-state index in [1.54, 1.807) is 10.9 Å². The Bertz CT molecular complexity index is 866. The average Bonchev–Trinajstić information content (AvgIpc) is 2.97. The summed E-state index contributed by atoms with van der Waals surface area (Å²) >= 11 is 0. The molecule has 0 aromatic carbocycles. The molecular formula is C17H21N7O. The monoisotopic (exact) mass is 339 g/mol. The third kappa shape index (κ3) is 3.12. The van der Waals surface area contributed by atoms with Gasteiger partial charge in [-0.15, -0.1) is 0 Å². The maximum absolute atomic E-state index is 5.78. The Hall–Kier alpha value is -2.74. The molecule has 0 saturated carbocycles. The topological polar surface area (TPSA) is 81.0 Å². The first-order valence-electron chi connectivity index (χ1n) is 8.36. The summed E-state index contributed by atoms with van der Waals surface area (Å²) < 4.78 is 7.51. The second kappa shape index (κ2) is 6.29. The molecule has 0 amide bonds. The van der Waals surface area contributed by atoms with Gasteiger partial charge in [0.15, 0.2) is 5.65 Å². The maximum Gasteiger partial charge on any atom is 0.163 e. The van der Waals surface area contributed by atoms with E-state index in [1.807, 2.05) is 25.4 Å². The Labute approximate surface area is 145 Å². The Morgan fingerprint density at radius 3 is 2.60 bits per heavy atom. The van der Waals surface area contributed by atoms with Crippen molar-refractivity contribution in [3.8, 4) is 0 Å². The minimum atomic E-state index is 0.211. The molecule has 130 valence electrons. The molecule has 0 aliphatic carbocycles. The molecule has 0 bridgehead atoms. The van der Waals surface area contributed by atoms with Crippen LogP contribution in [0.2, 0.25) is 0 Å². The number of nitrogens with one attached hydrogen (secondary N) is 1. The molecule has 4 rings (SSSR count). The Morgan fingerprint density at radius 2 is 1.88 bits per heavy atom. The van der Waals surface area contributed by atoms with Crippen molar-refractivity contribution >= 4 is 28.4 Å². The molecule has 0 unspecified atom stereocenters. The van der Waals surface area contributed by atoms with E-state index in [0.29, 0.717) is 0 Å². The van der Waals surface area contributed by atoms with E-state index in [1.165, 1.54) is 6.33 Å². The van der Waals surface area contributed by atoms with E-state index >= 15 is 0 Å². The van der Waals surface area contributed by atoms with Gasteiger partial charge in [-0.2, -0.15) is 5.10 Å². The van der Waals surface area contributed by atoms with Gasteiger partial charge in [0, 0.05) is 20.1 Å². The third-order valence-corrected chi connectivity index (χ3v) is 4.28.